The SMILES string of the molecule is COc1cc(OC)cc(-c2noc(-c3cn(C)c4ccc(C)cc4c3=O)n2)c1. The topological polar surface area (TPSA) is 79.4 Å². The highest BCUT2D eigenvalue weighted by Crippen LogP contribution is 2.29. The molecular formula is C21H19N3O4. The second-order valence-corrected chi connectivity index (χ2v) is 6.53. The molecule has 0 radical (unpaired) electrons. The summed E-state index contributed by atoms with van der Waals surface area (Å²) in [5.41, 5.74) is 2.73. The highest BCUT2D eigenvalue weighted by molar-refractivity contribution is 5.83. The Bertz CT molecular complexity index is 1220. The zero-order valence-corrected chi connectivity index (χ0v) is 16.0. The van der Waals surface area contributed by atoms with Crippen molar-refractivity contribution in [3.05, 3.63) is 58.4 Å². The average Bonchev–Trinajstić information content (AvgIpc) is 3.20. The summed E-state index contributed by atoms with van der Waals surface area (Å²) in [6.45, 7) is 1.95. The monoisotopic (exact) mass is 377 g/mol. The lowest BCUT2D eigenvalue weighted by Gasteiger charge is -2.07. The maximum atomic E-state index is 13.0. The van der Waals surface area contributed by atoms with Crippen molar-refractivity contribution in [2.24, 2.45) is 7.05 Å². The zero-order valence-electron chi connectivity index (χ0n) is 16.0. The van der Waals surface area contributed by atoms with Gasteiger partial charge in [-0.25, -0.2) is 0 Å². The lowest BCUT2D eigenvalue weighted by molar-refractivity contribution is 0.394. The summed E-state index contributed by atoms with van der Waals surface area (Å²) in [6, 6.07) is 11.1. The summed E-state index contributed by atoms with van der Waals surface area (Å²) in [6.07, 6.45) is 1.71. The minimum Gasteiger partial charge on any atom is -0.497 e. The van der Waals surface area contributed by atoms with Crippen LogP contribution >= 0.6 is 0 Å². The highest BCUT2D eigenvalue weighted by Gasteiger charge is 2.17. The first-order valence-electron chi connectivity index (χ1n) is 8.67. The molecule has 0 aliphatic heterocycles. The van der Waals surface area contributed by atoms with Crippen LogP contribution in [-0.2, 0) is 7.05 Å². The van der Waals surface area contributed by atoms with Crippen LogP contribution in [-0.4, -0.2) is 28.9 Å². The van der Waals surface area contributed by atoms with Gasteiger partial charge in [0.15, 0.2) is 0 Å². The third-order valence-corrected chi connectivity index (χ3v) is 4.61. The van der Waals surface area contributed by atoms with Crippen LogP contribution in [0.4, 0.5) is 0 Å². The van der Waals surface area contributed by atoms with Crippen LogP contribution in [0, 0.1) is 6.92 Å². The van der Waals surface area contributed by atoms with Gasteiger partial charge in [-0.3, -0.25) is 4.79 Å². The molecule has 7 heteroatoms. The number of aryl methyl sites for hydroxylation is 2. The summed E-state index contributed by atoms with van der Waals surface area (Å²) in [4.78, 5) is 17.4. The van der Waals surface area contributed by atoms with Crippen molar-refractivity contribution in [1.29, 1.82) is 0 Å². The maximum absolute atomic E-state index is 13.0. The Balaban J connectivity index is 1.84. The molecule has 142 valence electrons. The molecule has 0 bridgehead atoms. The van der Waals surface area contributed by atoms with Crippen LogP contribution in [0.3, 0.4) is 0 Å². The standard InChI is InChI=1S/C21H19N3O4/c1-12-5-6-18-16(7-12)19(25)17(11-24(18)2)21-22-20(23-28-21)13-8-14(26-3)10-15(9-13)27-4/h5-11H,1-4H3. The van der Waals surface area contributed by atoms with Crippen LogP contribution in [0.2, 0.25) is 0 Å². The van der Waals surface area contributed by atoms with E-state index >= 15 is 0 Å². The molecule has 0 spiro atoms. The third kappa shape index (κ3) is 3.00. The Hall–Kier alpha value is -3.61. The number of nitrogens with zero attached hydrogens (tertiary/aromatic N) is 3. The Morgan fingerprint density at radius 1 is 1.04 bits per heavy atom. The maximum Gasteiger partial charge on any atom is 0.263 e. The summed E-state index contributed by atoms with van der Waals surface area (Å²) in [5, 5.41) is 4.65. The molecule has 0 aliphatic carbocycles. The summed E-state index contributed by atoms with van der Waals surface area (Å²) >= 11 is 0. The van der Waals surface area contributed by atoms with Crippen molar-refractivity contribution in [2.75, 3.05) is 14.2 Å². The van der Waals surface area contributed by atoms with E-state index in [1.807, 2.05) is 36.7 Å². The van der Waals surface area contributed by atoms with Crippen molar-refractivity contribution in [3.8, 4) is 34.3 Å². The summed E-state index contributed by atoms with van der Waals surface area (Å²) < 4.78 is 17.9. The van der Waals surface area contributed by atoms with Crippen LogP contribution in [0.15, 0.2) is 51.9 Å². The first kappa shape index (κ1) is 17.8. The normalized spacial score (nSPS) is 11.0. The molecule has 0 atom stereocenters. The Kier molecular flexibility index (Phi) is 4.35. The smallest absolute Gasteiger partial charge is 0.263 e. The molecule has 0 unspecified atom stereocenters. The number of hydrogen-bond donors (Lipinski definition) is 0. The molecule has 0 N–H and O–H groups in total. The predicted octanol–water partition coefficient (Wildman–Crippen LogP) is 3.58. The van der Waals surface area contributed by atoms with Gasteiger partial charge in [-0.15, -0.1) is 0 Å². The Morgan fingerprint density at radius 3 is 2.43 bits per heavy atom. The van der Waals surface area contributed by atoms with Crippen molar-refractivity contribution in [2.45, 2.75) is 6.92 Å². The van der Waals surface area contributed by atoms with E-state index in [1.54, 1.807) is 38.6 Å². The molecule has 7 nitrogen and oxygen atoms in total. The number of ether oxygens (including phenoxy) is 2. The van der Waals surface area contributed by atoms with E-state index in [2.05, 4.69) is 10.1 Å². The zero-order chi connectivity index (χ0) is 19.8. The Labute approximate surface area is 161 Å². The van der Waals surface area contributed by atoms with Gasteiger partial charge in [0.25, 0.3) is 5.89 Å². The van der Waals surface area contributed by atoms with Crippen molar-refractivity contribution < 1.29 is 14.0 Å². The quantitative estimate of drug-likeness (QED) is 0.541. The Morgan fingerprint density at radius 2 is 1.75 bits per heavy atom. The van der Waals surface area contributed by atoms with E-state index in [9.17, 15) is 4.79 Å². The van der Waals surface area contributed by atoms with Gasteiger partial charge in [0.05, 0.1) is 19.7 Å². The number of pyridine rings is 1. The van der Waals surface area contributed by atoms with Gasteiger partial charge in [0.1, 0.15) is 17.1 Å². The summed E-state index contributed by atoms with van der Waals surface area (Å²) in [5.74, 6) is 1.73. The van der Waals surface area contributed by atoms with E-state index in [-0.39, 0.29) is 11.3 Å². The minimum absolute atomic E-state index is 0.143. The van der Waals surface area contributed by atoms with Crippen molar-refractivity contribution in [3.63, 3.8) is 0 Å². The molecule has 4 aromatic rings. The van der Waals surface area contributed by atoms with Crippen LogP contribution in [0.1, 0.15) is 5.56 Å². The fourth-order valence-corrected chi connectivity index (χ4v) is 3.15. The van der Waals surface area contributed by atoms with Gasteiger partial charge in [-0.1, -0.05) is 16.8 Å². The number of rotatable bonds is 4. The number of aromatic nitrogens is 3. The lowest BCUT2D eigenvalue weighted by Crippen LogP contribution is -2.10. The van der Waals surface area contributed by atoms with Gasteiger partial charge in [0.2, 0.25) is 11.3 Å². The van der Waals surface area contributed by atoms with E-state index in [4.69, 9.17) is 14.0 Å². The number of benzene rings is 2. The molecular weight excluding hydrogens is 358 g/mol. The molecule has 4 rings (SSSR count). The number of fused-ring (bicyclic) bond motifs is 1. The molecule has 0 amide bonds. The van der Waals surface area contributed by atoms with E-state index in [0.29, 0.717) is 33.8 Å². The fourth-order valence-electron chi connectivity index (χ4n) is 3.15. The second-order valence-electron chi connectivity index (χ2n) is 6.53. The third-order valence-electron chi connectivity index (χ3n) is 4.61. The molecule has 0 saturated heterocycles. The molecule has 28 heavy (non-hydrogen) atoms. The van der Waals surface area contributed by atoms with Gasteiger partial charge >= 0.3 is 0 Å². The average molecular weight is 377 g/mol. The van der Waals surface area contributed by atoms with E-state index < -0.39 is 0 Å². The summed E-state index contributed by atoms with van der Waals surface area (Å²) in [7, 11) is 5.02. The molecule has 0 fully saturated rings. The number of methoxy groups -OCH3 is 2. The first-order chi connectivity index (χ1) is 13.5. The van der Waals surface area contributed by atoms with Crippen LogP contribution in [0.5, 0.6) is 11.5 Å². The van der Waals surface area contributed by atoms with Gasteiger partial charge in [-0.05, 0) is 31.2 Å². The fraction of sp³-hybridized carbons (Fsp3) is 0.190. The molecule has 0 aliphatic rings. The van der Waals surface area contributed by atoms with Crippen LogP contribution < -0.4 is 14.9 Å². The highest BCUT2D eigenvalue weighted by atomic mass is 16.5. The molecule has 2 heterocycles. The van der Waals surface area contributed by atoms with Gasteiger partial charge < -0.3 is 18.6 Å². The van der Waals surface area contributed by atoms with Gasteiger partial charge in [-0.2, -0.15) is 4.98 Å². The number of hydrogen-bond acceptors (Lipinski definition) is 6. The largest absolute Gasteiger partial charge is 0.497 e. The second kappa shape index (κ2) is 6.84. The van der Waals surface area contributed by atoms with Crippen LogP contribution in [0.25, 0.3) is 33.7 Å². The molecule has 0 saturated carbocycles. The van der Waals surface area contributed by atoms with Crippen molar-refractivity contribution >= 4 is 10.9 Å². The first-order valence-corrected chi connectivity index (χ1v) is 8.67. The lowest BCUT2D eigenvalue weighted by atomic mass is 10.1. The molecule has 2 aromatic carbocycles. The van der Waals surface area contributed by atoms with Crippen molar-refractivity contribution in [1.82, 2.24) is 14.7 Å². The van der Waals surface area contributed by atoms with E-state index in [0.717, 1.165) is 11.1 Å². The van der Waals surface area contributed by atoms with E-state index in [1.165, 1.54) is 0 Å². The van der Waals surface area contributed by atoms with Gasteiger partial charge in [0, 0.05) is 30.3 Å². The predicted molar refractivity (Wildman–Crippen MR) is 106 cm³/mol. The minimum atomic E-state index is -0.143. The molecule has 2 aromatic heterocycles.